The Morgan fingerprint density at radius 1 is 1.21 bits per heavy atom. The molecular weight excluding hydrogens is 364 g/mol. The van der Waals surface area contributed by atoms with E-state index in [0.717, 1.165) is 5.56 Å². The first kappa shape index (κ1) is 21.4. The number of hydrogen-bond donors (Lipinski definition) is 4. The van der Waals surface area contributed by atoms with Gasteiger partial charge in [-0.05, 0) is 18.1 Å². The van der Waals surface area contributed by atoms with Crippen LogP contribution in [-0.2, 0) is 25.5 Å². The van der Waals surface area contributed by atoms with Crippen molar-refractivity contribution in [2.45, 2.75) is 31.5 Å². The third-order valence-corrected chi connectivity index (χ3v) is 4.39. The molecule has 1 aliphatic heterocycles. The second kappa shape index (κ2) is 9.86. The van der Waals surface area contributed by atoms with E-state index in [1.165, 1.54) is 17.9 Å². The largest absolute Gasteiger partial charge is 0.475 e. The SMILES string of the molecule is CC(=O)N[C@@H]1[C@@H](N)C=C(C(=O)O)O[C@H]1C(=O)N(CCN)CCc1ccccc1. The van der Waals surface area contributed by atoms with E-state index in [-0.39, 0.29) is 13.1 Å². The molecular formula is C19H26N4O5. The summed E-state index contributed by atoms with van der Waals surface area (Å²) < 4.78 is 5.41. The maximum absolute atomic E-state index is 13.1. The van der Waals surface area contributed by atoms with Crippen molar-refractivity contribution in [3.05, 3.63) is 47.7 Å². The molecule has 3 atom stereocenters. The van der Waals surface area contributed by atoms with E-state index < -0.39 is 41.7 Å². The van der Waals surface area contributed by atoms with Gasteiger partial charge in [0, 0.05) is 26.6 Å². The summed E-state index contributed by atoms with van der Waals surface area (Å²) in [6.07, 6.45) is 0.527. The number of carbonyl (C=O) groups excluding carboxylic acids is 2. The lowest BCUT2D eigenvalue weighted by atomic mass is 9.97. The molecule has 1 aromatic rings. The fourth-order valence-electron chi connectivity index (χ4n) is 3.04. The van der Waals surface area contributed by atoms with Gasteiger partial charge in [0.2, 0.25) is 11.7 Å². The van der Waals surface area contributed by atoms with Crippen molar-refractivity contribution in [1.29, 1.82) is 0 Å². The zero-order valence-electron chi connectivity index (χ0n) is 15.7. The Balaban J connectivity index is 2.21. The first-order chi connectivity index (χ1) is 13.3. The van der Waals surface area contributed by atoms with Crippen LogP contribution in [0.2, 0.25) is 0 Å². The summed E-state index contributed by atoms with van der Waals surface area (Å²) in [5.74, 6) is -2.61. The summed E-state index contributed by atoms with van der Waals surface area (Å²) in [5.41, 5.74) is 12.7. The first-order valence-corrected chi connectivity index (χ1v) is 9.00. The minimum absolute atomic E-state index is 0.228. The van der Waals surface area contributed by atoms with Crippen LogP contribution in [0, 0.1) is 0 Å². The molecule has 0 radical (unpaired) electrons. The van der Waals surface area contributed by atoms with Gasteiger partial charge in [0.1, 0.15) is 0 Å². The van der Waals surface area contributed by atoms with Gasteiger partial charge in [-0.2, -0.15) is 0 Å². The van der Waals surface area contributed by atoms with Gasteiger partial charge in [-0.3, -0.25) is 9.59 Å². The smallest absolute Gasteiger partial charge is 0.370 e. The number of ether oxygens (including phenoxy) is 1. The van der Waals surface area contributed by atoms with Crippen LogP contribution in [0.1, 0.15) is 12.5 Å². The van der Waals surface area contributed by atoms with Crippen molar-refractivity contribution >= 4 is 17.8 Å². The predicted octanol–water partition coefficient (Wildman–Crippen LogP) is -0.784. The summed E-state index contributed by atoms with van der Waals surface area (Å²) in [5, 5.41) is 11.8. The van der Waals surface area contributed by atoms with Gasteiger partial charge in [-0.15, -0.1) is 0 Å². The molecule has 1 aromatic carbocycles. The number of nitrogens with one attached hydrogen (secondary N) is 1. The Morgan fingerprint density at radius 2 is 1.89 bits per heavy atom. The van der Waals surface area contributed by atoms with Gasteiger partial charge in [0.25, 0.3) is 5.91 Å². The number of aliphatic carboxylic acids is 1. The van der Waals surface area contributed by atoms with Crippen LogP contribution in [0.4, 0.5) is 0 Å². The Hall–Kier alpha value is -2.91. The maximum atomic E-state index is 13.1. The molecule has 9 nitrogen and oxygen atoms in total. The Kier molecular flexibility index (Phi) is 7.53. The molecule has 0 aromatic heterocycles. The van der Waals surface area contributed by atoms with Crippen LogP contribution in [0.25, 0.3) is 0 Å². The molecule has 9 heteroatoms. The topological polar surface area (TPSA) is 148 Å². The van der Waals surface area contributed by atoms with E-state index in [0.29, 0.717) is 13.0 Å². The summed E-state index contributed by atoms with van der Waals surface area (Å²) in [6, 6.07) is 7.85. The van der Waals surface area contributed by atoms with Gasteiger partial charge < -0.3 is 31.5 Å². The first-order valence-electron chi connectivity index (χ1n) is 9.00. The molecule has 0 unspecified atom stereocenters. The molecule has 2 rings (SSSR count). The van der Waals surface area contributed by atoms with E-state index in [1.54, 1.807) is 0 Å². The normalized spacial score (nSPS) is 21.2. The lowest BCUT2D eigenvalue weighted by Crippen LogP contribution is -2.61. The number of nitrogens with two attached hydrogens (primary N) is 2. The Labute approximate surface area is 163 Å². The zero-order chi connectivity index (χ0) is 20.7. The predicted molar refractivity (Wildman–Crippen MR) is 102 cm³/mol. The zero-order valence-corrected chi connectivity index (χ0v) is 15.7. The quantitative estimate of drug-likeness (QED) is 0.455. The van der Waals surface area contributed by atoms with Crippen molar-refractivity contribution in [3.8, 4) is 0 Å². The molecule has 6 N–H and O–H groups in total. The Bertz CT molecular complexity index is 737. The molecule has 0 fully saturated rings. The second-order valence-corrected chi connectivity index (χ2v) is 6.53. The van der Waals surface area contributed by atoms with Gasteiger partial charge in [-0.25, -0.2) is 4.79 Å². The molecule has 152 valence electrons. The molecule has 0 spiro atoms. The molecule has 28 heavy (non-hydrogen) atoms. The fraction of sp³-hybridized carbons (Fsp3) is 0.421. The Morgan fingerprint density at radius 3 is 2.46 bits per heavy atom. The number of benzene rings is 1. The summed E-state index contributed by atoms with van der Waals surface area (Å²) in [6.45, 7) is 2.15. The van der Waals surface area contributed by atoms with Gasteiger partial charge >= 0.3 is 5.97 Å². The van der Waals surface area contributed by atoms with Crippen LogP contribution in [0.3, 0.4) is 0 Å². The van der Waals surface area contributed by atoms with E-state index in [1.807, 2.05) is 30.3 Å². The molecule has 0 saturated carbocycles. The van der Waals surface area contributed by atoms with E-state index in [9.17, 15) is 19.5 Å². The van der Waals surface area contributed by atoms with Gasteiger partial charge in [0.15, 0.2) is 6.10 Å². The highest BCUT2D eigenvalue weighted by atomic mass is 16.5. The van der Waals surface area contributed by atoms with Crippen LogP contribution in [0.5, 0.6) is 0 Å². The molecule has 0 saturated heterocycles. The third kappa shape index (κ3) is 5.54. The molecule has 1 heterocycles. The van der Waals surface area contributed by atoms with Crippen LogP contribution >= 0.6 is 0 Å². The lowest BCUT2D eigenvalue weighted by Gasteiger charge is -2.37. The van der Waals surface area contributed by atoms with Crippen molar-refractivity contribution in [3.63, 3.8) is 0 Å². The van der Waals surface area contributed by atoms with E-state index in [4.69, 9.17) is 16.2 Å². The highest BCUT2D eigenvalue weighted by Gasteiger charge is 2.41. The summed E-state index contributed by atoms with van der Waals surface area (Å²) >= 11 is 0. The summed E-state index contributed by atoms with van der Waals surface area (Å²) in [7, 11) is 0. The van der Waals surface area contributed by atoms with Crippen molar-refractivity contribution in [2.75, 3.05) is 19.6 Å². The standard InChI is InChI=1S/C19H26N4O5/c1-12(24)22-16-14(21)11-15(19(26)27)28-17(16)18(25)23(10-8-20)9-7-13-5-3-2-4-6-13/h2-6,11,14,16-17H,7-10,20-21H2,1H3,(H,22,24)(H,26,27)/t14-,16+,17+/m0/s1. The van der Waals surface area contributed by atoms with Crippen LogP contribution < -0.4 is 16.8 Å². The fourth-order valence-corrected chi connectivity index (χ4v) is 3.04. The number of rotatable bonds is 8. The van der Waals surface area contributed by atoms with Gasteiger partial charge in [0.05, 0.1) is 12.1 Å². The number of amides is 2. The lowest BCUT2D eigenvalue weighted by molar-refractivity contribution is -0.149. The maximum Gasteiger partial charge on any atom is 0.370 e. The average molecular weight is 390 g/mol. The number of carboxylic acids is 1. The molecule has 0 bridgehead atoms. The van der Waals surface area contributed by atoms with E-state index >= 15 is 0 Å². The molecule has 2 amide bonds. The number of carboxylic acid groups (broad SMARTS) is 1. The van der Waals surface area contributed by atoms with Gasteiger partial charge in [-0.1, -0.05) is 30.3 Å². The second-order valence-electron chi connectivity index (χ2n) is 6.53. The minimum atomic E-state index is -1.33. The monoisotopic (exact) mass is 390 g/mol. The van der Waals surface area contributed by atoms with Crippen LogP contribution in [0.15, 0.2) is 42.2 Å². The van der Waals surface area contributed by atoms with Crippen molar-refractivity contribution in [1.82, 2.24) is 10.2 Å². The molecule has 0 aliphatic carbocycles. The summed E-state index contributed by atoms with van der Waals surface area (Å²) in [4.78, 5) is 37.5. The number of carbonyl (C=O) groups is 3. The average Bonchev–Trinajstić information content (AvgIpc) is 2.66. The number of nitrogens with zero attached hydrogens (tertiary/aromatic N) is 1. The van der Waals surface area contributed by atoms with Crippen LogP contribution in [-0.4, -0.2) is 65.6 Å². The highest BCUT2D eigenvalue weighted by molar-refractivity contribution is 5.88. The minimum Gasteiger partial charge on any atom is -0.475 e. The third-order valence-electron chi connectivity index (χ3n) is 4.39. The van der Waals surface area contributed by atoms with Crippen molar-refractivity contribution in [2.24, 2.45) is 11.5 Å². The molecule has 1 aliphatic rings. The number of hydrogen-bond acceptors (Lipinski definition) is 6. The highest BCUT2D eigenvalue weighted by Crippen LogP contribution is 2.20. The van der Waals surface area contributed by atoms with Crippen molar-refractivity contribution < 1.29 is 24.2 Å². The van der Waals surface area contributed by atoms with E-state index in [2.05, 4.69) is 5.32 Å².